The lowest BCUT2D eigenvalue weighted by Crippen LogP contribution is -2.26. The standard InChI is InChI=1S/C18H14ClF4NO/c19-12-3-1-2-10(6-12)14-8-15(14)17(25)24-9-11-4-5-13(20)7-16(11)18(21,22)23/h1-7,14-15H,8-9H2,(H,24,25). The summed E-state index contributed by atoms with van der Waals surface area (Å²) in [6.07, 6.45) is -4.05. The summed E-state index contributed by atoms with van der Waals surface area (Å²) >= 11 is 5.92. The topological polar surface area (TPSA) is 29.1 Å². The summed E-state index contributed by atoms with van der Waals surface area (Å²) in [5, 5.41) is 3.09. The van der Waals surface area contributed by atoms with Crippen LogP contribution in [0, 0.1) is 11.7 Å². The van der Waals surface area contributed by atoms with Crippen LogP contribution in [0.2, 0.25) is 5.02 Å². The van der Waals surface area contributed by atoms with E-state index in [9.17, 15) is 22.4 Å². The number of hydrogen-bond acceptors (Lipinski definition) is 1. The van der Waals surface area contributed by atoms with Crippen LogP contribution in [0.5, 0.6) is 0 Å². The van der Waals surface area contributed by atoms with Gasteiger partial charge in [0.25, 0.3) is 0 Å². The molecule has 1 aliphatic carbocycles. The molecule has 0 spiro atoms. The first-order valence-corrected chi connectivity index (χ1v) is 8.02. The van der Waals surface area contributed by atoms with E-state index in [4.69, 9.17) is 11.6 Å². The maximum Gasteiger partial charge on any atom is 0.416 e. The van der Waals surface area contributed by atoms with Crippen molar-refractivity contribution < 1.29 is 22.4 Å². The predicted octanol–water partition coefficient (Wildman–Crippen LogP) is 4.92. The average molecular weight is 372 g/mol. The van der Waals surface area contributed by atoms with Crippen LogP contribution < -0.4 is 5.32 Å². The number of halogens is 5. The normalized spacial score (nSPS) is 19.6. The van der Waals surface area contributed by atoms with E-state index >= 15 is 0 Å². The van der Waals surface area contributed by atoms with E-state index in [-0.39, 0.29) is 29.9 Å². The first kappa shape index (κ1) is 17.7. The maximum absolute atomic E-state index is 13.1. The van der Waals surface area contributed by atoms with Crippen molar-refractivity contribution in [2.24, 2.45) is 5.92 Å². The van der Waals surface area contributed by atoms with E-state index in [2.05, 4.69) is 5.32 Å². The average Bonchev–Trinajstić information content (AvgIpc) is 3.33. The SMILES string of the molecule is O=C(NCc1ccc(F)cc1C(F)(F)F)C1CC1c1cccc(Cl)c1. The van der Waals surface area contributed by atoms with Crippen LogP contribution in [0.15, 0.2) is 42.5 Å². The third kappa shape index (κ3) is 4.12. The Balaban J connectivity index is 1.64. The summed E-state index contributed by atoms with van der Waals surface area (Å²) in [5.41, 5.74) is -0.303. The Kier molecular flexibility index (Phi) is 4.73. The minimum absolute atomic E-state index is 0.0222. The van der Waals surface area contributed by atoms with Crippen molar-refractivity contribution in [3.05, 3.63) is 70.0 Å². The summed E-state index contributed by atoms with van der Waals surface area (Å²) in [4.78, 5) is 12.2. The summed E-state index contributed by atoms with van der Waals surface area (Å²) < 4.78 is 51.9. The van der Waals surface area contributed by atoms with Crippen molar-refractivity contribution in [2.45, 2.75) is 25.1 Å². The summed E-state index contributed by atoms with van der Waals surface area (Å²) in [6, 6.07) is 9.59. The number of benzene rings is 2. The lowest BCUT2D eigenvalue weighted by molar-refractivity contribution is -0.138. The molecule has 2 aromatic rings. The van der Waals surface area contributed by atoms with Crippen LogP contribution in [-0.2, 0) is 17.5 Å². The minimum atomic E-state index is -4.68. The van der Waals surface area contributed by atoms with E-state index < -0.39 is 17.6 Å². The number of carbonyl (C=O) groups is 1. The Labute approximate surface area is 146 Å². The Morgan fingerprint density at radius 3 is 2.64 bits per heavy atom. The zero-order valence-electron chi connectivity index (χ0n) is 12.9. The van der Waals surface area contributed by atoms with Crippen molar-refractivity contribution >= 4 is 17.5 Å². The van der Waals surface area contributed by atoms with Gasteiger partial charge in [0.1, 0.15) is 5.82 Å². The van der Waals surface area contributed by atoms with Gasteiger partial charge in [0.2, 0.25) is 5.91 Å². The molecule has 0 aliphatic heterocycles. The van der Waals surface area contributed by atoms with Gasteiger partial charge in [-0.05, 0) is 47.7 Å². The molecule has 2 atom stereocenters. The molecule has 25 heavy (non-hydrogen) atoms. The molecule has 2 nitrogen and oxygen atoms in total. The molecule has 1 N–H and O–H groups in total. The molecule has 1 amide bonds. The molecule has 132 valence electrons. The van der Waals surface area contributed by atoms with Crippen LogP contribution in [0.25, 0.3) is 0 Å². The van der Waals surface area contributed by atoms with Crippen LogP contribution in [0.4, 0.5) is 17.6 Å². The van der Waals surface area contributed by atoms with Gasteiger partial charge in [0.15, 0.2) is 0 Å². The van der Waals surface area contributed by atoms with Crippen molar-refractivity contribution in [1.82, 2.24) is 5.32 Å². The molecule has 2 aromatic carbocycles. The summed E-state index contributed by atoms with van der Waals surface area (Å²) in [6.45, 7) is -0.299. The van der Waals surface area contributed by atoms with Crippen LogP contribution in [-0.4, -0.2) is 5.91 Å². The van der Waals surface area contributed by atoms with E-state index in [0.717, 1.165) is 17.7 Å². The van der Waals surface area contributed by atoms with Crippen molar-refractivity contribution in [2.75, 3.05) is 0 Å². The fourth-order valence-electron chi connectivity index (χ4n) is 2.87. The second-order valence-corrected chi connectivity index (χ2v) is 6.46. The molecule has 2 unspecified atom stereocenters. The van der Waals surface area contributed by atoms with E-state index in [1.807, 2.05) is 6.07 Å². The van der Waals surface area contributed by atoms with Crippen LogP contribution in [0.1, 0.15) is 29.0 Å². The third-order valence-electron chi connectivity index (χ3n) is 4.23. The van der Waals surface area contributed by atoms with Gasteiger partial charge in [0.05, 0.1) is 5.56 Å². The lowest BCUT2D eigenvalue weighted by Gasteiger charge is -2.13. The molecule has 0 radical (unpaired) electrons. The molecule has 7 heteroatoms. The van der Waals surface area contributed by atoms with Gasteiger partial charge in [-0.3, -0.25) is 4.79 Å². The van der Waals surface area contributed by atoms with Gasteiger partial charge in [-0.25, -0.2) is 4.39 Å². The third-order valence-corrected chi connectivity index (χ3v) is 4.47. The number of rotatable bonds is 4. The Bertz CT molecular complexity index is 806. The number of nitrogens with one attached hydrogen (secondary N) is 1. The summed E-state index contributed by atoms with van der Waals surface area (Å²) in [5.74, 6) is -1.55. The van der Waals surface area contributed by atoms with Crippen LogP contribution in [0.3, 0.4) is 0 Å². The molecule has 1 saturated carbocycles. The Morgan fingerprint density at radius 1 is 1.20 bits per heavy atom. The van der Waals surface area contributed by atoms with E-state index in [1.165, 1.54) is 0 Å². The molecule has 1 fully saturated rings. The number of amides is 1. The molecule has 3 rings (SSSR count). The zero-order valence-corrected chi connectivity index (χ0v) is 13.7. The largest absolute Gasteiger partial charge is 0.416 e. The number of hydrogen-bond donors (Lipinski definition) is 1. The molecule has 0 saturated heterocycles. The van der Waals surface area contributed by atoms with Crippen LogP contribution >= 0.6 is 11.6 Å². The zero-order chi connectivity index (χ0) is 18.2. The maximum atomic E-state index is 13.1. The van der Waals surface area contributed by atoms with Gasteiger partial charge >= 0.3 is 6.18 Å². The monoisotopic (exact) mass is 371 g/mol. The Morgan fingerprint density at radius 2 is 1.96 bits per heavy atom. The number of alkyl halides is 3. The summed E-state index contributed by atoms with van der Waals surface area (Å²) in [7, 11) is 0. The molecular formula is C18H14ClF4NO. The van der Waals surface area contributed by atoms with Gasteiger partial charge in [-0.1, -0.05) is 29.8 Å². The highest BCUT2D eigenvalue weighted by Crippen LogP contribution is 2.48. The fraction of sp³-hybridized carbons (Fsp3) is 0.278. The van der Waals surface area contributed by atoms with Crippen molar-refractivity contribution in [1.29, 1.82) is 0 Å². The molecule has 0 bridgehead atoms. The highest BCUT2D eigenvalue weighted by atomic mass is 35.5. The fourth-order valence-corrected chi connectivity index (χ4v) is 3.07. The van der Waals surface area contributed by atoms with Gasteiger partial charge < -0.3 is 5.32 Å². The van der Waals surface area contributed by atoms with E-state index in [0.29, 0.717) is 17.5 Å². The van der Waals surface area contributed by atoms with Crippen molar-refractivity contribution in [3.8, 4) is 0 Å². The first-order chi connectivity index (χ1) is 11.8. The van der Waals surface area contributed by atoms with Gasteiger partial charge in [0, 0.05) is 17.5 Å². The van der Waals surface area contributed by atoms with Gasteiger partial charge in [-0.2, -0.15) is 13.2 Å². The highest BCUT2D eigenvalue weighted by molar-refractivity contribution is 6.30. The second-order valence-electron chi connectivity index (χ2n) is 6.02. The quantitative estimate of drug-likeness (QED) is 0.759. The second kappa shape index (κ2) is 6.67. The number of carbonyl (C=O) groups excluding carboxylic acids is 1. The highest BCUT2D eigenvalue weighted by Gasteiger charge is 2.44. The molecule has 0 aromatic heterocycles. The van der Waals surface area contributed by atoms with Gasteiger partial charge in [-0.15, -0.1) is 0 Å². The molecular weight excluding hydrogens is 358 g/mol. The van der Waals surface area contributed by atoms with E-state index in [1.54, 1.807) is 18.2 Å². The Hall–Kier alpha value is -2.08. The van der Waals surface area contributed by atoms with Crippen molar-refractivity contribution in [3.63, 3.8) is 0 Å². The smallest absolute Gasteiger partial charge is 0.352 e. The predicted molar refractivity (Wildman–Crippen MR) is 85.5 cm³/mol. The lowest BCUT2D eigenvalue weighted by atomic mass is 10.1. The molecule has 0 heterocycles. The molecule has 1 aliphatic rings. The first-order valence-electron chi connectivity index (χ1n) is 7.64. The minimum Gasteiger partial charge on any atom is -0.352 e.